The molecule has 1 heterocycles. The summed E-state index contributed by atoms with van der Waals surface area (Å²) in [7, 11) is 1.81. The molecule has 1 aromatic rings. The molecule has 112 valence electrons. The molecule has 1 fully saturated rings. The van der Waals surface area contributed by atoms with Gasteiger partial charge in [-0.3, -0.25) is 4.90 Å². The standard InChI is InChI=1S/C18H29NO/c1-15-7-9-16(10-8-15)18(2,3)11-13-19-12-5-6-17(19)14-20-4/h7-10,17H,5-6,11-14H2,1-4H3/t17-/m0/s1. The molecule has 0 unspecified atom stereocenters. The lowest BCUT2D eigenvalue weighted by molar-refractivity contribution is 0.111. The Bertz CT molecular complexity index is 410. The number of benzene rings is 1. The Kier molecular flexibility index (Phi) is 5.22. The molecule has 2 nitrogen and oxygen atoms in total. The lowest BCUT2D eigenvalue weighted by atomic mass is 9.81. The first kappa shape index (κ1) is 15.5. The zero-order valence-corrected chi connectivity index (χ0v) is 13.5. The van der Waals surface area contributed by atoms with Gasteiger partial charge in [0.25, 0.3) is 0 Å². The van der Waals surface area contributed by atoms with E-state index < -0.39 is 0 Å². The van der Waals surface area contributed by atoms with Crippen LogP contribution < -0.4 is 0 Å². The summed E-state index contributed by atoms with van der Waals surface area (Å²) in [5, 5.41) is 0. The Morgan fingerprint density at radius 3 is 2.60 bits per heavy atom. The van der Waals surface area contributed by atoms with Gasteiger partial charge in [-0.05, 0) is 50.3 Å². The van der Waals surface area contributed by atoms with Gasteiger partial charge >= 0.3 is 0 Å². The van der Waals surface area contributed by atoms with Crippen molar-refractivity contribution < 1.29 is 4.74 Å². The first-order chi connectivity index (χ1) is 9.53. The van der Waals surface area contributed by atoms with E-state index in [4.69, 9.17) is 4.74 Å². The van der Waals surface area contributed by atoms with Crippen LogP contribution >= 0.6 is 0 Å². The maximum atomic E-state index is 5.34. The second-order valence-electron chi connectivity index (χ2n) is 6.79. The second-order valence-corrected chi connectivity index (χ2v) is 6.79. The molecule has 0 aromatic heterocycles. The molecule has 2 heteroatoms. The van der Waals surface area contributed by atoms with Gasteiger partial charge in [-0.1, -0.05) is 43.7 Å². The maximum absolute atomic E-state index is 5.34. The van der Waals surface area contributed by atoms with Crippen molar-refractivity contribution >= 4 is 0 Å². The molecule has 1 aliphatic heterocycles. The third-order valence-corrected chi connectivity index (χ3v) is 4.72. The molecule has 20 heavy (non-hydrogen) atoms. The molecule has 0 saturated carbocycles. The minimum atomic E-state index is 0.244. The number of hydrogen-bond donors (Lipinski definition) is 0. The third-order valence-electron chi connectivity index (χ3n) is 4.72. The van der Waals surface area contributed by atoms with Crippen molar-refractivity contribution in [3.63, 3.8) is 0 Å². The summed E-state index contributed by atoms with van der Waals surface area (Å²) in [5.74, 6) is 0. The van der Waals surface area contributed by atoms with Crippen LogP contribution in [0.5, 0.6) is 0 Å². The zero-order valence-electron chi connectivity index (χ0n) is 13.5. The molecule has 1 aliphatic rings. The van der Waals surface area contributed by atoms with Crippen molar-refractivity contribution in [1.82, 2.24) is 4.90 Å². The van der Waals surface area contributed by atoms with Gasteiger partial charge in [-0.2, -0.15) is 0 Å². The van der Waals surface area contributed by atoms with Gasteiger partial charge < -0.3 is 4.74 Å². The minimum Gasteiger partial charge on any atom is -0.383 e. The number of methoxy groups -OCH3 is 1. The molecule has 0 bridgehead atoms. The van der Waals surface area contributed by atoms with Gasteiger partial charge in [-0.15, -0.1) is 0 Å². The van der Waals surface area contributed by atoms with E-state index in [9.17, 15) is 0 Å². The molecular weight excluding hydrogens is 246 g/mol. The SMILES string of the molecule is COC[C@@H]1CCCN1CCC(C)(C)c1ccc(C)cc1. The van der Waals surface area contributed by atoms with E-state index in [-0.39, 0.29) is 5.41 Å². The lowest BCUT2D eigenvalue weighted by Gasteiger charge is -2.30. The van der Waals surface area contributed by atoms with Crippen molar-refractivity contribution in [2.24, 2.45) is 0 Å². The summed E-state index contributed by atoms with van der Waals surface area (Å²) in [6.07, 6.45) is 3.81. The van der Waals surface area contributed by atoms with E-state index >= 15 is 0 Å². The molecule has 1 saturated heterocycles. The molecule has 1 aromatic carbocycles. The van der Waals surface area contributed by atoms with Crippen molar-refractivity contribution in [3.8, 4) is 0 Å². The first-order valence-electron chi connectivity index (χ1n) is 7.83. The van der Waals surface area contributed by atoms with Crippen LogP contribution in [0.4, 0.5) is 0 Å². The molecule has 0 radical (unpaired) electrons. The van der Waals surface area contributed by atoms with Crippen LogP contribution in [0.1, 0.15) is 44.2 Å². The molecule has 0 aliphatic carbocycles. The summed E-state index contributed by atoms with van der Waals surface area (Å²) in [6, 6.07) is 9.65. The topological polar surface area (TPSA) is 12.5 Å². The summed E-state index contributed by atoms with van der Waals surface area (Å²) in [4.78, 5) is 2.61. The van der Waals surface area contributed by atoms with E-state index in [1.54, 1.807) is 0 Å². The Morgan fingerprint density at radius 1 is 1.25 bits per heavy atom. The van der Waals surface area contributed by atoms with Crippen molar-refractivity contribution in [1.29, 1.82) is 0 Å². The molecule has 0 amide bonds. The molecular formula is C18H29NO. The number of nitrogens with zero attached hydrogens (tertiary/aromatic N) is 1. The Labute approximate surface area is 124 Å². The fraction of sp³-hybridized carbons (Fsp3) is 0.667. The Hall–Kier alpha value is -0.860. The number of hydrogen-bond acceptors (Lipinski definition) is 2. The highest BCUT2D eigenvalue weighted by Crippen LogP contribution is 2.29. The third kappa shape index (κ3) is 3.83. The first-order valence-corrected chi connectivity index (χ1v) is 7.83. The highest BCUT2D eigenvalue weighted by atomic mass is 16.5. The summed E-state index contributed by atoms with van der Waals surface area (Å²) in [6.45, 7) is 10.2. The van der Waals surface area contributed by atoms with E-state index in [0.29, 0.717) is 6.04 Å². The number of likely N-dealkylation sites (tertiary alicyclic amines) is 1. The minimum absolute atomic E-state index is 0.244. The summed E-state index contributed by atoms with van der Waals surface area (Å²) < 4.78 is 5.34. The molecule has 2 rings (SSSR count). The predicted molar refractivity (Wildman–Crippen MR) is 85.3 cm³/mol. The Morgan fingerprint density at radius 2 is 1.95 bits per heavy atom. The van der Waals surface area contributed by atoms with Crippen LogP contribution in [-0.4, -0.2) is 37.7 Å². The summed E-state index contributed by atoms with van der Waals surface area (Å²) >= 11 is 0. The van der Waals surface area contributed by atoms with Crippen LogP contribution in [0, 0.1) is 6.92 Å². The largest absolute Gasteiger partial charge is 0.383 e. The quantitative estimate of drug-likeness (QED) is 0.783. The number of aryl methyl sites for hydroxylation is 1. The van der Waals surface area contributed by atoms with Gasteiger partial charge in [0.2, 0.25) is 0 Å². The van der Waals surface area contributed by atoms with Gasteiger partial charge in [-0.25, -0.2) is 0 Å². The van der Waals surface area contributed by atoms with Crippen LogP contribution in [0.2, 0.25) is 0 Å². The smallest absolute Gasteiger partial charge is 0.0618 e. The van der Waals surface area contributed by atoms with Crippen LogP contribution in [0.15, 0.2) is 24.3 Å². The second kappa shape index (κ2) is 6.73. The van der Waals surface area contributed by atoms with Crippen LogP contribution in [-0.2, 0) is 10.2 Å². The maximum Gasteiger partial charge on any atom is 0.0618 e. The average Bonchev–Trinajstić information content (AvgIpc) is 2.85. The van der Waals surface area contributed by atoms with E-state index in [1.807, 2.05) is 7.11 Å². The number of ether oxygens (including phenoxy) is 1. The van der Waals surface area contributed by atoms with E-state index in [2.05, 4.69) is 49.9 Å². The summed E-state index contributed by atoms with van der Waals surface area (Å²) in [5.41, 5.74) is 3.03. The average molecular weight is 275 g/mol. The zero-order chi connectivity index (χ0) is 14.6. The normalized spacial score (nSPS) is 20.5. The lowest BCUT2D eigenvalue weighted by Crippen LogP contribution is -2.36. The molecule has 1 atom stereocenters. The van der Waals surface area contributed by atoms with Crippen molar-refractivity contribution in [3.05, 3.63) is 35.4 Å². The van der Waals surface area contributed by atoms with Gasteiger partial charge in [0.15, 0.2) is 0 Å². The van der Waals surface area contributed by atoms with Gasteiger partial charge in [0.1, 0.15) is 0 Å². The van der Waals surface area contributed by atoms with E-state index in [1.165, 1.54) is 43.5 Å². The fourth-order valence-corrected chi connectivity index (χ4v) is 3.14. The van der Waals surface area contributed by atoms with Gasteiger partial charge in [0, 0.05) is 13.2 Å². The predicted octanol–water partition coefficient (Wildman–Crippen LogP) is 3.77. The van der Waals surface area contributed by atoms with Gasteiger partial charge in [0.05, 0.1) is 6.61 Å². The highest BCUT2D eigenvalue weighted by Gasteiger charge is 2.27. The molecule has 0 spiro atoms. The van der Waals surface area contributed by atoms with Crippen LogP contribution in [0.3, 0.4) is 0 Å². The van der Waals surface area contributed by atoms with Crippen LogP contribution in [0.25, 0.3) is 0 Å². The molecule has 0 N–H and O–H groups in total. The van der Waals surface area contributed by atoms with E-state index in [0.717, 1.165) is 6.61 Å². The van der Waals surface area contributed by atoms with Crippen molar-refractivity contribution in [2.75, 3.05) is 26.8 Å². The monoisotopic (exact) mass is 275 g/mol. The number of rotatable bonds is 6. The highest BCUT2D eigenvalue weighted by molar-refractivity contribution is 5.27. The fourth-order valence-electron chi connectivity index (χ4n) is 3.14. The van der Waals surface area contributed by atoms with Crippen molar-refractivity contribution in [2.45, 2.75) is 51.5 Å². The Balaban J connectivity index is 1.93.